The Bertz CT molecular complexity index is 467. The Labute approximate surface area is 116 Å². The summed E-state index contributed by atoms with van der Waals surface area (Å²) in [7, 11) is 2.24. The molecule has 2 aliphatic heterocycles. The Morgan fingerprint density at radius 1 is 1.21 bits per heavy atom. The van der Waals surface area contributed by atoms with E-state index in [0.717, 1.165) is 39.1 Å². The molecule has 2 heterocycles. The van der Waals surface area contributed by atoms with Crippen LogP contribution in [-0.2, 0) is 13.0 Å². The number of likely N-dealkylation sites (N-methyl/N-ethyl adjacent to an activating group) is 1. The SMILES string of the molecule is CN1CCN(c2cccc3c2CCNC3)CC1(C)C. The summed E-state index contributed by atoms with van der Waals surface area (Å²) >= 11 is 0. The van der Waals surface area contributed by atoms with E-state index in [1.165, 1.54) is 11.3 Å². The third-order valence-corrected chi connectivity index (χ3v) is 4.77. The van der Waals surface area contributed by atoms with Crippen LogP contribution in [0.15, 0.2) is 18.2 Å². The van der Waals surface area contributed by atoms with Gasteiger partial charge in [0.05, 0.1) is 0 Å². The zero-order valence-electron chi connectivity index (χ0n) is 12.4. The van der Waals surface area contributed by atoms with Crippen molar-refractivity contribution in [3.63, 3.8) is 0 Å². The Hall–Kier alpha value is -1.06. The molecule has 0 unspecified atom stereocenters. The van der Waals surface area contributed by atoms with Gasteiger partial charge in [-0.3, -0.25) is 4.90 Å². The van der Waals surface area contributed by atoms with Gasteiger partial charge in [0.2, 0.25) is 0 Å². The molecular formula is C16H25N3. The van der Waals surface area contributed by atoms with E-state index in [1.54, 1.807) is 5.56 Å². The quantitative estimate of drug-likeness (QED) is 0.830. The first kappa shape index (κ1) is 12.9. The van der Waals surface area contributed by atoms with Crippen LogP contribution >= 0.6 is 0 Å². The predicted octanol–water partition coefficient (Wildman–Crippen LogP) is 1.86. The maximum absolute atomic E-state index is 3.47. The van der Waals surface area contributed by atoms with Crippen molar-refractivity contribution >= 4 is 5.69 Å². The molecule has 0 aliphatic carbocycles. The van der Waals surface area contributed by atoms with Crippen LogP contribution in [-0.4, -0.2) is 43.7 Å². The van der Waals surface area contributed by atoms with Gasteiger partial charge < -0.3 is 10.2 Å². The van der Waals surface area contributed by atoms with Crippen LogP contribution in [0.1, 0.15) is 25.0 Å². The van der Waals surface area contributed by atoms with Crippen LogP contribution < -0.4 is 10.2 Å². The third kappa shape index (κ3) is 2.37. The maximum atomic E-state index is 3.47. The first-order valence-electron chi connectivity index (χ1n) is 7.35. The highest BCUT2D eigenvalue weighted by atomic mass is 15.3. The van der Waals surface area contributed by atoms with Crippen LogP contribution in [0.5, 0.6) is 0 Å². The van der Waals surface area contributed by atoms with Gasteiger partial charge >= 0.3 is 0 Å². The van der Waals surface area contributed by atoms with E-state index in [0.29, 0.717) is 0 Å². The number of nitrogens with one attached hydrogen (secondary N) is 1. The highest BCUT2D eigenvalue weighted by Gasteiger charge is 2.32. The summed E-state index contributed by atoms with van der Waals surface area (Å²) in [5.41, 5.74) is 4.79. The van der Waals surface area contributed by atoms with Gasteiger partial charge in [-0.1, -0.05) is 12.1 Å². The molecule has 2 aliphatic rings. The molecule has 1 N–H and O–H groups in total. The molecule has 0 saturated carbocycles. The van der Waals surface area contributed by atoms with Crippen molar-refractivity contribution in [1.82, 2.24) is 10.2 Å². The lowest BCUT2D eigenvalue weighted by molar-refractivity contribution is 0.139. The molecule has 1 saturated heterocycles. The molecule has 3 heteroatoms. The van der Waals surface area contributed by atoms with Crippen LogP contribution in [0.2, 0.25) is 0 Å². The maximum Gasteiger partial charge on any atom is 0.0403 e. The summed E-state index contributed by atoms with van der Waals surface area (Å²) in [6.45, 7) is 10.2. The molecule has 3 rings (SSSR count). The second-order valence-corrected chi connectivity index (χ2v) is 6.50. The number of anilines is 1. The van der Waals surface area contributed by atoms with E-state index >= 15 is 0 Å². The van der Waals surface area contributed by atoms with Crippen molar-refractivity contribution < 1.29 is 0 Å². The summed E-state index contributed by atoms with van der Waals surface area (Å²) in [4.78, 5) is 5.06. The smallest absolute Gasteiger partial charge is 0.0403 e. The molecule has 1 aromatic carbocycles. The molecule has 0 spiro atoms. The molecule has 0 amide bonds. The number of fused-ring (bicyclic) bond motifs is 1. The number of hydrogen-bond acceptors (Lipinski definition) is 3. The average molecular weight is 259 g/mol. The monoisotopic (exact) mass is 259 g/mol. The summed E-state index contributed by atoms with van der Waals surface area (Å²) < 4.78 is 0. The van der Waals surface area contributed by atoms with Gasteiger partial charge in [0.1, 0.15) is 0 Å². The Kier molecular flexibility index (Phi) is 3.27. The minimum absolute atomic E-state index is 0.258. The van der Waals surface area contributed by atoms with Crippen molar-refractivity contribution in [1.29, 1.82) is 0 Å². The number of piperazine rings is 1. The van der Waals surface area contributed by atoms with Gasteiger partial charge in [-0.25, -0.2) is 0 Å². The molecule has 0 bridgehead atoms. The van der Waals surface area contributed by atoms with Gasteiger partial charge in [0.25, 0.3) is 0 Å². The van der Waals surface area contributed by atoms with E-state index in [1.807, 2.05) is 0 Å². The molecular weight excluding hydrogens is 234 g/mol. The molecule has 1 aromatic rings. The van der Waals surface area contributed by atoms with E-state index in [-0.39, 0.29) is 5.54 Å². The lowest BCUT2D eigenvalue weighted by atomic mass is 9.95. The molecule has 1 fully saturated rings. The van der Waals surface area contributed by atoms with Crippen LogP contribution in [0.25, 0.3) is 0 Å². The fourth-order valence-electron chi connectivity index (χ4n) is 3.25. The number of nitrogens with zero attached hydrogens (tertiary/aromatic N) is 2. The fourth-order valence-corrected chi connectivity index (χ4v) is 3.25. The van der Waals surface area contributed by atoms with Crippen molar-refractivity contribution in [2.24, 2.45) is 0 Å². The minimum atomic E-state index is 0.258. The van der Waals surface area contributed by atoms with Crippen molar-refractivity contribution in [3.05, 3.63) is 29.3 Å². The van der Waals surface area contributed by atoms with E-state index in [4.69, 9.17) is 0 Å². The lowest BCUT2D eigenvalue weighted by Crippen LogP contribution is -2.58. The second-order valence-electron chi connectivity index (χ2n) is 6.50. The number of rotatable bonds is 1. The summed E-state index contributed by atoms with van der Waals surface area (Å²) in [6, 6.07) is 6.80. The van der Waals surface area contributed by atoms with Crippen molar-refractivity contribution in [2.45, 2.75) is 32.4 Å². The standard InChI is InChI=1S/C16H25N3/c1-16(2)12-19(10-9-18(16)3)15-6-4-5-13-11-17-8-7-14(13)15/h4-6,17H,7-12H2,1-3H3. The number of hydrogen-bond donors (Lipinski definition) is 1. The fraction of sp³-hybridized carbons (Fsp3) is 0.625. The van der Waals surface area contributed by atoms with E-state index < -0.39 is 0 Å². The van der Waals surface area contributed by atoms with Crippen LogP contribution in [0, 0.1) is 0 Å². The van der Waals surface area contributed by atoms with Gasteiger partial charge in [0, 0.05) is 37.4 Å². The molecule has 3 nitrogen and oxygen atoms in total. The van der Waals surface area contributed by atoms with Gasteiger partial charge in [-0.15, -0.1) is 0 Å². The van der Waals surface area contributed by atoms with Crippen molar-refractivity contribution in [3.8, 4) is 0 Å². The number of benzene rings is 1. The largest absolute Gasteiger partial charge is 0.368 e. The second kappa shape index (κ2) is 4.80. The average Bonchev–Trinajstić information content (AvgIpc) is 2.41. The normalized spacial score (nSPS) is 23.2. The first-order valence-corrected chi connectivity index (χ1v) is 7.35. The van der Waals surface area contributed by atoms with Gasteiger partial charge in [-0.05, 0) is 51.1 Å². The summed E-state index contributed by atoms with van der Waals surface area (Å²) in [6.07, 6.45) is 1.16. The highest BCUT2D eigenvalue weighted by Crippen LogP contribution is 2.30. The Morgan fingerprint density at radius 3 is 2.84 bits per heavy atom. The third-order valence-electron chi connectivity index (χ3n) is 4.77. The highest BCUT2D eigenvalue weighted by molar-refractivity contribution is 5.58. The van der Waals surface area contributed by atoms with Crippen LogP contribution in [0.3, 0.4) is 0 Å². The Morgan fingerprint density at radius 2 is 2.05 bits per heavy atom. The van der Waals surface area contributed by atoms with Gasteiger partial charge in [0.15, 0.2) is 0 Å². The Balaban J connectivity index is 1.90. The molecule has 19 heavy (non-hydrogen) atoms. The lowest BCUT2D eigenvalue weighted by Gasteiger charge is -2.47. The molecule has 104 valence electrons. The zero-order chi connectivity index (χ0) is 13.5. The van der Waals surface area contributed by atoms with Crippen LogP contribution in [0.4, 0.5) is 5.69 Å². The van der Waals surface area contributed by atoms with E-state index in [2.05, 4.69) is 54.2 Å². The summed E-state index contributed by atoms with van der Waals surface area (Å²) in [5, 5.41) is 3.47. The zero-order valence-corrected chi connectivity index (χ0v) is 12.4. The van der Waals surface area contributed by atoms with Crippen molar-refractivity contribution in [2.75, 3.05) is 38.1 Å². The van der Waals surface area contributed by atoms with Gasteiger partial charge in [-0.2, -0.15) is 0 Å². The molecule has 0 atom stereocenters. The topological polar surface area (TPSA) is 18.5 Å². The first-order chi connectivity index (χ1) is 9.08. The molecule has 0 aromatic heterocycles. The minimum Gasteiger partial charge on any atom is -0.368 e. The van der Waals surface area contributed by atoms with E-state index in [9.17, 15) is 0 Å². The summed E-state index contributed by atoms with van der Waals surface area (Å²) in [5.74, 6) is 0. The molecule has 0 radical (unpaired) electrons. The predicted molar refractivity (Wildman–Crippen MR) is 80.8 cm³/mol.